The number of thiophene rings is 1. The Hall–Kier alpha value is -1.20. The minimum atomic E-state index is -0.142. The van der Waals surface area contributed by atoms with Gasteiger partial charge in [0.25, 0.3) is 0 Å². The molecule has 1 aliphatic carbocycles. The van der Waals surface area contributed by atoms with Gasteiger partial charge in [0.2, 0.25) is 11.7 Å². The first-order chi connectivity index (χ1) is 8.75. The Kier molecular flexibility index (Phi) is 3.18. The monoisotopic (exact) mass is 263 g/mol. The highest BCUT2D eigenvalue weighted by atomic mass is 32.1. The van der Waals surface area contributed by atoms with E-state index in [4.69, 9.17) is 10.3 Å². The van der Waals surface area contributed by atoms with Gasteiger partial charge in [-0.1, -0.05) is 24.4 Å². The van der Waals surface area contributed by atoms with Crippen molar-refractivity contribution in [1.82, 2.24) is 10.1 Å². The summed E-state index contributed by atoms with van der Waals surface area (Å²) in [7, 11) is 0. The Morgan fingerprint density at radius 1 is 1.33 bits per heavy atom. The molecule has 0 spiro atoms. The minimum absolute atomic E-state index is 0.142. The van der Waals surface area contributed by atoms with Gasteiger partial charge < -0.3 is 10.3 Å². The van der Waals surface area contributed by atoms with Crippen molar-refractivity contribution in [3.05, 3.63) is 22.7 Å². The maximum atomic E-state index is 6.39. The van der Waals surface area contributed by atoms with Gasteiger partial charge >= 0.3 is 0 Å². The summed E-state index contributed by atoms with van der Waals surface area (Å²) in [6.45, 7) is 0. The van der Waals surface area contributed by atoms with Gasteiger partial charge in [-0.3, -0.25) is 0 Å². The van der Waals surface area contributed by atoms with Gasteiger partial charge in [0.1, 0.15) is 0 Å². The first-order valence-corrected chi connectivity index (χ1v) is 7.34. The number of nitrogens with two attached hydrogens (primary N) is 1. The van der Waals surface area contributed by atoms with Crippen molar-refractivity contribution in [2.75, 3.05) is 0 Å². The van der Waals surface area contributed by atoms with Crippen molar-refractivity contribution in [3.8, 4) is 11.4 Å². The number of rotatable bonds is 3. The van der Waals surface area contributed by atoms with Crippen LogP contribution in [-0.4, -0.2) is 15.7 Å². The van der Waals surface area contributed by atoms with Crippen LogP contribution >= 0.6 is 11.3 Å². The SMILES string of the molecule is NC1(Cc2nc(-c3ccsc3)no2)CCCCC1. The Morgan fingerprint density at radius 3 is 2.89 bits per heavy atom. The van der Waals surface area contributed by atoms with Crippen LogP contribution in [0.5, 0.6) is 0 Å². The summed E-state index contributed by atoms with van der Waals surface area (Å²) in [5.41, 5.74) is 7.27. The van der Waals surface area contributed by atoms with Gasteiger partial charge in [0, 0.05) is 22.9 Å². The highest BCUT2D eigenvalue weighted by Crippen LogP contribution is 2.29. The molecule has 0 amide bonds. The van der Waals surface area contributed by atoms with Crippen LogP contribution in [0.4, 0.5) is 0 Å². The van der Waals surface area contributed by atoms with E-state index in [-0.39, 0.29) is 5.54 Å². The summed E-state index contributed by atoms with van der Waals surface area (Å²) >= 11 is 1.63. The fourth-order valence-corrected chi connectivity index (χ4v) is 3.20. The average molecular weight is 263 g/mol. The van der Waals surface area contributed by atoms with Crippen LogP contribution in [-0.2, 0) is 6.42 Å². The lowest BCUT2D eigenvalue weighted by atomic mass is 9.80. The highest BCUT2D eigenvalue weighted by molar-refractivity contribution is 7.08. The molecule has 1 saturated carbocycles. The molecule has 0 unspecified atom stereocenters. The van der Waals surface area contributed by atoms with E-state index in [2.05, 4.69) is 10.1 Å². The number of hydrogen-bond acceptors (Lipinski definition) is 5. The van der Waals surface area contributed by atoms with E-state index in [1.165, 1.54) is 19.3 Å². The second kappa shape index (κ2) is 4.82. The minimum Gasteiger partial charge on any atom is -0.339 e. The molecule has 0 aromatic carbocycles. The summed E-state index contributed by atoms with van der Waals surface area (Å²) < 4.78 is 5.32. The topological polar surface area (TPSA) is 64.9 Å². The van der Waals surface area contributed by atoms with Gasteiger partial charge in [0.15, 0.2) is 0 Å². The summed E-state index contributed by atoms with van der Waals surface area (Å²) in [6.07, 6.45) is 6.53. The van der Waals surface area contributed by atoms with Crippen molar-refractivity contribution in [2.45, 2.75) is 44.1 Å². The average Bonchev–Trinajstić information content (AvgIpc) is 2.99. The first kappa shape index (κ1) is 11.9. The molecule has 4 nitrogen and oxygen atoms in total. The third kappa shape index (κ3) is 2.47. The summed E-state index contributed by atoms with van der Waals surface area (Å²) in [6, 6.07) is 2.00. The Morgan fingerprint density at radius 2 is 2.17 bits per heavy atom. The van der Waals surface area contributed by atoms with E-state index in [0.717, 1.165) is 18.4 Å². The maximum absolute atomic E-state index is 6.39. The highest BCUT2D eigenvalue weighted by Gasteiger charge is 2.30. The first-order valence-electron chi connectivity index (χ1n) is 6.39. The van der Waals surface area contributed by atoms with Crippen molar-refractivity contribution < 1.29 is 4.52 Å². The molecule has 0 radical (unpaired) electrons. The second-order valence-corrected chi connectivity index (χ2v) is 5.90. The van der Waals surface area contributed by atoms with Crippen LogP contribution < -0.4 is 5.73 Å². The maximum Gasteiger partial charge on any atom is 0.228 e. The van der Waals surface area contributed by atoms with Crippen molar-refractivity contribution in [2.24, 2.45) is 5.73 Å². The van der Waals surface area contributed by atoms with Crippen LogP contribution in [0.3, 0.4) is 0 Å². The predicted molar refractivity (Wildman–Crippen MR) is 71.3 cm³/mol. The standard InChI is InChI=1S/C13H17N3OS/c14-13(5-2-1-3-6-13)8-11-15-12(16-17-11)10-4-7-18-9-10/h4,7,9H,1-3,5-6,8,14H2. The summed E-state index contributed by atoms with van der Waals surface area (Å²) in [5, 5.41) is 8.05. The van der Waals surface area contributed by atoms with E-state index < -0.39 is 0 Å². The molecule has 2 aromatic rings. The van der Waals surface area contributed by atoms with Gasteiger partial charge in [0.05, 0.1) is 0 Å². The van der Waals surface area contributed by atoms with E-state index >= 15 is 0 Å². The Labute approximate surface area is 110 Å². The van der Waals surface area contributed by atoms with E-state index in [0.29, 0.717) is 18.1 Å². The molecule has 0 saturated heterocycles. The fourth-order valence-electron chi connectivity index (χ4n) is 2.57. The van der Waals surface area contributed by atoms with Crippen LogP contribution in [0.2, 0.25) is 0 Å². The largest absolute Gasteiger partial charge is 0.339 e. The molecule has 18 heavy (non-hydrogen) atoms. The molecule has 2 heterocycles. The van der Waals surface area contributed by atoms with Gasteiger partial charge in [-0.15, -0.1) is 0 Å². The van der Waals surface area contributed by atoms with Crippen molar-refractivity contribution in [1.29, 1.82) is 0 Å². The normalized spacial score (nSPS) is 18.9. The van der Waals surface area contributed by atoms with Crippen LogP contribution in [0.1, 0.15) is 38.0 Å². The molecule has 3 rings (SSSR count). The van der Waals surface area contributed by atoms with E-state index in [1.807, 2.05) is 16.8 Å². The number of nitrogens with zero attached hydrogens (tertiary/aromatic N) is 2. The van der Waals surface area contributed by atoms with Gasteiger partial charge in [-0.2, -0.15) is 16.3 Å². The summed E-state index contributed by atoms with van der Waals surface area (Å²) in [4.78, 5) is 4.44. The molecule has 96 valence electrons. The third-order valence-electron chi connectivity index (χ3n) is 3.60. The summed E-state index contributed by atoms with van der Waals surface area (Å²) in [5.74, 6) is 1.34. The van der Waals surface area contributed by atoms with Crippen LogP contribution in [0, 0.1) is 0 Å². The lowest BCUT2D eigenvalue weighted by Crippen LogP contribution is -2.43. The molecule has 2 N–H and O–H groups in total. The molecule has 0 bridgehead atoms. The molecule has 0 aliphatic heterocycles. The quantitative estimate of drug-likeness (QED) is 0.924. The molecule has 5 heteroatoms. The third-order valence-corrected chi connectivity index (χ3v) is 4.28. The number of aromatic nitrogens is 2. The van der Waals surface area contributed by atoms with Gasteiger partial charge in [-0.05, 0) is 24.3 Å². The Bertz CT molecular complexity index is 500. The molecular formula is C13H17N3OS. The lowest BCUT2D eigenvalue weighted by Gasteiger charge is -2.31. The zero-order valence-corrected chi connectivity index (χ0v) is 11.1. The second-order valence-electron chi connectivity index (χ2n) is 5.12. The lowest BCUT2D eigenvalue weighted by molar-refractivity contribution is 0.261. The molecule has 1 fully saturated rings. The van der Waals surface area contributed by atoms with E-state index in [9.17, 15) is 0 Å². The Balaban J connectivity index is 1.73. The van der Waals surface area contributed by atoms with Crippen molar-refractivity contribution in [3.63, 3.8) is 0 Å². The zero-order chi connectivity index (χ0) is 12.4. The molecular weight excluding hydrogens is 246 g/mol. The fraction of sp³-hybridized carbons (Fsp3) is 0.538. The number of hydrogen-bond donors (Lipinski definition) is 1. The van der Waals surface area contributed by atoms with Crippen LogP contribution in [0.25, 0.3) is 11.4 Å². The van der Waals surface area contributed by atoms with E-state index in [1.54, 1.807) is 11.3 Å². The predicted octanol–water partition coefficient (Wildman–Crippen LogP) is 3.00. The zero-order valence-electron chi connectivity index (χ0n) is 10.3. The molecule has 0 atom stereocenters. The smallest absolute Gasteiger partial charge is 0.228 e. The molecule has 2 aromatic heterocycles. The van der Waals surface area contributed by atoms with Crippen molar-refractivity contribution >= 4 is 11.3 Å². The molecule has 1 aliphatic rings. The van der Waals surface area contributed by atoms with Crippen LogP contribution in [0.15, 0.2) is 21.3 Å². The van der Waals surface area contributed by atoms with Gasteiger partial charge in [-0.25, -0.2) is 0 Å².